The summed E-state index contributed by atoms with van der Waals surface area (Å²) >= 11 is 0. The van der Waals surface area contributed by atoms with Crippen molar-refractivity contribution in [1.82, 2.24) is 9.88 Å². The van der Waals surface area contributed by atoms with Gasteiger partial charge in [-0.25, -0.2) is 4.98 Å². The Hall–Kier alpha value is -3.35. The monoisotopic (exact) mass is 439 g/mol. The fourth-order valence-electron chi connectivity index (χ4n) is 3.96. The van der Waals surface area contributed by atoms with Gasteiger partial charge in [0.05, 0.1) is 5.56 Å². The van der Waals surface area contributed by atoms with Crippen molar-refractivity contribution in [3.05, 3.63) is 95.2 Å². The Morgan fingerprint density at radius 1 is 0.875 bits per heavy atom. The maximum Gasteiger partial charge on any atom is 0.417 e. The van der Waals surface area contributed by atoms with Gasteiger partial charge in [-0.05, 0) is 42.2 Å². The number of anilines is 1. The van der Waals surface area contributed by atoms with E-state index in [1.165, 1.54) is 6.07 Å². The standard InChI is InChI=1S/C25H24F3N3O/c26-25(27,28)21-11-12-23(29-18-21)30-13-6-14-31(16-15-30)24(32)22-10-5-4-9-20(22)17-19-7-2-1-3-8-19/h1-5,7-12,18H,6,13-17H2. The lowest BCUT2D eigenvalue weighted by Crippen LogP contribution is -2.35. The SMILES string of the molecule is O=C(c1ccccc1Cc1ccccc1)N1CCCN(c2ccc(C(F)(F)F)cn2)CC1. The van der Waals surface area contributed by atoms with Crippen LogP contribution < -0.4 is 4.90 Å². The molecule has 4 rings (SSSR count). The molecular weight excluding hydrogens is 415 g/mol. The lowest BCUT2D eigenvalue weighted by atomic mass is 9.99. The normalized spacial score (nSPS) is 14.8. The summed E-state index contributed by atoms with van der Waals surface area (Å²) < 4.78 is 38.4. The third-order valence-corrected chi connectivity index (χ3v) is 5.67. The van der Waals surface area contributed by atoms with Crippen molar-refractivity contribution in [3.63, 3.8) is 0 Å². The topological polar surface area (TPSA) is 36.4 Å². The fraction of sp³-hybridized carbons (Fsp3) is 0.280. The second-order valence-corrected chi connectivity index (χ2v) is 7.86. The molecule has 1 aliphatic rings. The third-order valence-electron chi connectivity index (χ3n) is 5.67. The van der Waals surface area contributed by atoms with Crippen molar-refractivity contribution in [2.24, 2.45) is 0 Å². The number of benzene rings is 2. The number of pyridine rings is 1. The Morgan fingerprint density at radius 3 is 2.34 bits per heavy atom. The minimum atomic E-state index is -4.40. The van der Waals surface area contributed by atoms with Gasteiger partial charge in [0.2, 0.25) is 0 Å². The van der Waals surface area contributed by atoms with Crippen LogP contribution in [0.25, 0.3) is 0 Å². The van der Waals surface area contributed by atoms with Crippen LogP contribution in [0.3, 0.4) is 0 Å². The second kappa shape index (κ2) is 9.42. The van der Waals surface area contributed by atoms with Crippen molar-refractivity contribution >= 4 is 11.7 Å². The number of rotatable bonds is 4. The molecule has 166 valence electrons. The van der Waals surface area contributed by atoms with Gasteiger partial charge in [-0.15, -0.1) is 0 Å². The van der Waals surface area contributed by atoms with Crippen LogP contribution in [0.2, 0.25) is 0 Å². The molecule has 2 aromatic carbocycles. The summed E-state index contributed by atoms with van der Waals surface area (Å²) in [6, 6.07) is 20.1. The Morgan fingerprint density at radius 2 is 1.62 bits per heavy atom. The number of alkyl halides is 3. The van der Waals surface area contributed by atoms with Gasteiger partial charge in [0.15, 0.2) is 0 Å². The number of carbonyl (C=O) groups is 1. The van der Waals surface area contributed by atoms with Crippen molar-refractivity contribution in [3.8, 4) is 0 Å². The molecule has 0 bridgehead atoms. The van der Waals surface area contributed by atoms with Gasteiger partial charge in [-0.3, -0.25) is 4.79 Å². The number of nitrogens with zero attached hydrogens (tertiary/aromatic N) is 3. The van der Waals surface area contributed by atoms with E-state index in [-0.39, 0.29) is 5.91 Å². The van der Waals surface area contributed by atoms with Crippen LogP contribution in [0.1, 0.15) is 33.5 Å². The van der Waals surface area contributed by atoms with Crippen LogP contribution in [-0.2, 0) is 12.6 Å². The average molecular weight is 439 g/mol. The van der Waals surface area contributed by atoms with E-state index < -0.39 is 11.7 Å². The van der Waals surface area contributed by atoms with E-state index >= 15 is 0 Å². The third kappa shape index (κ3) is 5.10. The highest BCUT2D eigenvalue weighted by Crippen LogP contribution is 2.29. The van der Waals surface area contributed by atoms with Crippen LogP contribution in [0.15, 0.2) is 72.9 Å². The Balaban J connectivity index is 1.45. The molecule has 3 aromatic rings. The molecule has 1 amide bonds. The van der Waals surface area contributed by atoms with Crippen LogP contribution >= 0.6 is 0 Å². The average Bonchev–Trinajstić information content (AvgIpc) is 3.06. The quantitative estimate of drug-likeness (QED) is 0.571. The maximum absolute atomic E-state index is 13.3. The summed E-state index contributed by atoms with van der Waals surface area (Å²) in [7, 11) is 0. The zero-order valence-electron chi connectivity index (χ0n) is 17.6. The van der Waals surface area contributed by atoms with Gasteiger partial charge in [0, 0.05) is 37.9 Å². The predicted molar refractivity (Wildman–Crippen MR) is 118 cm³/mol. The van der Waals surface area contributed by atoms with E-state index in [4.69, 9.17) is 0 Å². The minimum absolute atomic E-state index is 0.0150. The zero-order valence-corrected chi connectivity index (χ0v) is 17.6. The largest absolute Gasteiger partial charge is 0.417 e. The number of halogens is 3. The Bertz CT molecular complexity index is 1050. The number of aromatic nitrogens is 1. The first kappa shape index (κ1) is 21.9. The highest BCUT2D eigenvalue weighted by atomic mass is 19.4. The van der Waals surface area contributed by atoms with Crippen molar-refractivity contribution in [2.75, 3.05) is 31.1 Å². The van der Waals surface area contributed by atoms with Gasteiger partial charge < -0.3 is 9.80 Å². The Labute approximate surface area is 185 Å². The molecule has 1 aliphatic heterocycles. The number of hydrogen-bond donors (Lipinski definition) is 0. The molecule has 0 radical (unpaired) electrons. The van der Waals surface area contributed by atoms with Crippen LogP contribution in [0.4, 0.5) is 19.0 Å². The van der Waals surface area contributed by atoms with E-state index in [1.807, 2.05) is 64.4 Å². The molecule has 4 nitrogen and oxygen atoms in total. The Kier molecular flexibility index (Phi) is 6.44. The van der Waals surface area contributed by atoms with Crippen LogP contribution in [0.5, 0.6) is 0 Å². The number of hydrogen-bond acceptors (Lipinski definition) is 3. The predicted octanol–water partition coefficient (Wildman–Crippen LogP) is 5.04. The van der Waals surface area contributed by atoms with E-state index in [2.05, 4.69) is 4.98 Å². The highest BCUT2D eigenvalue weighted by Gasteiger charge is 2.31. The van der Waals surface area contributed by atoms with E-state index in [0.29, 0.717) is 44.0 Å². The van der Waals surface area contributed by atoms with Crippen LogP contribution in [0, 0.1) is 0 Å². The molecule has 0 N–H and O–H groups in total. The van der Waals surface area contributed by atoms with Gasteiger partial charge >= 0.3 is 6.18 Å². The van der Waals surface area contributed by atoms with Crippen molar-refractivity contribution in [2.45, 2.75) is 19.0 Å². The number of amides is 1. The minimum Gasteiger partial charge on any atom is -0.355 e. The molecule has 0 unspecified atom stereocenters. The summed E-state index contributed by atoms with van der Waals surface area (Å²) in [6.07, 6.45) is -2.14. The maximum atomic E-state index is 13.3. The molecule has 2 heterocycles. The smallest absolute Gasteiger partial charge is 0.355 e. The lowest BCUT2D eigenvalue weighted by molar-refractivity contribution is -0.137. The highest BCUT2D eigenvalue weighted by molar-refractivity contribution is 5.95. The first-order valence-corrected chi connectivity index (χ1v) is 10.6. The summed E-state index contributed by atoms with van der Waals surface area (Å²) in [6.45, 7) is 2.23. The molecule has 0 saturated carbocycles. The van der Waals surface area contributed by atoms with Crippen LogP contribution in [-0.4, -0.2) is 42.0 Å². The van der Waals surface area contributed by atoms with Gasteiger partial charge in [0.25, 0.3) is 5.91 Å². The number of carbonyl (C=O) groups excluding carboxylic acids is 1. The summed E-state index contributed by atoms with van der Waals surface area (Å²) in [5.41, 5.74) is 2.05. The molecule has 0 atom stereocenters. The summed E-state index contributed by atoms with van der Waals surface area (Å²) in [5.74, 6) is 0.482. The molecule has 0 spiro atoms. The summed E-state index contributed by atoms with van der Waals surface area (Å²) in [5, 5.41) is 0. The van der Waals surface area contributed by atoms with Crippen molar-refractivity contribution in [1.29, 1.82) is 0 Å². The van der Waals surface area contributed by atoms with Crippen molar-refractivity contribution < 1.29 is 18.0 Å². The second-order valence-electron chi connectivity index (χ2n) is 7.86. The molecular formula is C25H24F3N3O. The zero-order chi connectivity index (χ0) is 22.6. The van der Waals surface area contributed by atoms with Gasteiger partial charge in [-0.1, -0.05) is 48.5 Å². The molecule has 32 heavy (non-hydrogen) atoms. The van der Waals surface area contributed by atoms with E-state index in [1.54, 1.807) is 0 Å². The molecule has 1 aromatic heterocycles. The first-order chi connectivity index (χ1) is 15.4. The van der Waals surface area contributed by atoms with E-state index in [0.717, 1.165) is 29.8 Å². The van der Waals surface area contributed by atoms with Gasteiger partial charge in [0.1, 0.15) is 5.82 Å². The fourth-order valence-corrected chi connectivity index (χ4v) is 3.96. The molecule has 7 heteroatoms. The molecule has 0 aliphatic carbocycles. The van der Waals surface area contributed by atoms with E-state index in [9.17, 15) is 18.0 Å². The lowest BCUT2D eigenvalue weighted by Gasteiger charge is -2.24. The molecule has 1 fully saturated rings. The summed E-state index contributed by atoms with van der Waals surface area (Å²) in [4.78, 5) is 21.1. The first-order valence-electron chi connectivity index (χ1n) is 10.6. The van der Waals surface area contributed by atoms with Gasteiger partial charge in [-0.2, -0.15) is 13.2 Å². The molecule has 1 saturated heterocycles.